The Kier molecular flexibility index (Phi) is 4.46. The van der Waals surface area contributed by atoms with Crippen molar-refractivity contribution in [1.82, 2.24) is 4.98 Å². The highest BCUT2D eigenvalue weighted by Crippen LogP contribution is 2.49. The molecule has 1 fully saturated rings. The molecule has 0 aliphatic heterocycles. The Hall–Kier alpha value is -2.13. The number of allylic oxidation sites excluding steroid dienone is 1. The van der Waals surface area contributed by atoms with Gasteiger partial charge in [-0.15, -0.1) is 0 Å². The summed E-state index contributed by atoms with van der Waals surface area (Å²) in [6, 6.07) is 10.4. The molecule has 126 valence electrons. The van der Waals surface area contributed by atoms with Crippen LogP contribution in [-0.2, 0) is 11.8 Å². The minimum atomic E-state index is -0.0571. The zero-order chi connectivity index (χ0) is 17.3. The molecule has 3 heteroatoms. The van der Waals surface area contributed by atoms with Gasteiger partial charge in [0.2, 0.25) is 0 Å². The number of aryl methyl sites for hydroxylation is 1. The van der Waals surface area contributed by atoms with E-state index in [4.69, 9.17) is 9.72 Å². The van der Waals surface area contributed by atoms with Crippen molar-refractivity contribution < 1.29 is 9.84 Å². The van der Waals surface area contributed by atoms with Gasteiger partial charge in [-0.2, -0.15) is 0 Å². The molecular formula is C21H25NO2. The second kappa shape index (κ2) is 6.40. The summed E-state index contributed by atoms with van der Waals surface area (Å²) in [7, 11) is 1.69. The van der Waals surface area contributed by atoms with Crippen LogP contribution in [0.25, 0.3) is 16.7 Å². The van der Waals surface area contributed by atoms with Crippen LogP contribution in [0.15, 0.2) is 36.9 Å². The average Bonchev–Trinajstić information content (AvgIpc) is 3.41. The molecule has 0 atom stereocenters. The fourth-order valence-corrected chi connectivity index (χ4v) is 3.19. The maximum atomic E-state index is 9.74. The first-order chi connectivity index (χ1) is 11.5. The van der Waals surface area contributed by atoms with E-state index in [2.05, 4.69) is 31.7 Å². The van der Waals surface area contributed by atoms with Crippen LogP contribution >= 0.6 is 0 Å². The number of rotatable bonds is 6. The van der Waals surface area contributed by atoms with Crippen molar-refractivity contribution in [2.75, 3.05) is 13.7 Å². The van der Waals surface area contributed by atoms with E-state index in [9.17, 15) is 5.11 Å². The minimum Gasteiger partial charge on any atom is -0.496 e. The number of hydrogen-bond donors (Lipinski definition) is 1. The number of aliphatic hydroxyl groups excluding tert-OH is 1. The fourth-order valence-electron chi connectivity index (χ4n) is 3.19. The molecule has 1 N–H and O–H groups in total. The summed E-state index contributed by atoms with van der Waals surface area (Å²) in [5, 5.41) is 9.74. The van der Waals surface area contributed by atoms with E-state index in [-0.39, 0.29) is 12.0 Å². The van der Waals surface area contributed by atoms with Gasteiger partial charge in [-0.1, -0.05) is 25.6 Å². The van der Waals surface area contributed by atoms with Gasteiger partial charge in [0.1, 0.15) is 5.75 Å². The largest absolute Gasteiger partial charge is 0.496 e. The van der Waals surface area contributed by atoms with Crippen LogP contribution in [0.1, 0.15) is 43.6 Å². The number of aromatic nitrogens is 1. The van der Waals surface area contributed by atoms with E-state index >= 15 is 0 Å². The van der Waals surface area contributed by atoms with Crippen molar-refractivity contribution in [1.29, 1.82) is 0 Å². The number of nitrogens with zero attached hydrogens (tertiary/aromatic N) is 1. The molecule has 3 rings (SSSR count). The van der Waals surface area contributed by atoms with Crippen LogP contribution in [-0.4, -0.2) is 23.8 Å². The van der Waals surface area contributed by atoms with Crippen molar-refractivity contribution in [3.63, 3.8) is 0 Å². The molecule has 0 amide bonds. The highest BCUT2D eigenvalue weighted by molar-refractivity contribution is 5.75. The van der Waals surface area contributed by atoms with Crippen molar-refractivity contribution in [2.45, 2.75) is 38.5 Å². The van der Waals surface area contributed by atoms with Gasteiger partial charge < -0.3 is 9.84 Å². The normalized spacial score (nSPS) is 15.2. The molecule has 2 aromatic rings. The first-order valence-electron chi connectivity index (χ1n) is 8.50. The van der Waals surface area contributed by atoms with Gasteiger partial charge in [-0.05, 0) is 55.5 Å². The molecule has 1 saturated carbocycles. The van der Waals surface area contributed by atoms with E-state index in [1.54, 1.807) is 7.11 Å². The van der Waals surface area contributed by atoms with Gasteiger partial charge in [0.15, 0.2) is 0 Å². The molecule has 1 aliphatic rings. The minimum absolute atomic E-state index is 0.0571. The monoisotopic (exact) mass is 323 g/mol. The van der Waals surface area contributed by atoms with Gasteiger partial charge in [0, 0.05) is 22.2 Å². The van der Waals surface area contributed by atoms with Crippen LogP contribution in [0, 0.1) is 0 Å². The molecule has 0 spiro atoms. The molecule has 0 bridgehead atoms. The van der Waals surface area contributed by atoms with Gasteiger partial charge in [-0.25, -0.2) is 0 Å². The molecule has 1 aromatic carbocycles. The Morgan fingerprint density at radius 1 is 1.25 bits per heavy atom. The second-order valence-electron chi connectivity index (χ2n) is 6.68. The van der Waals surface area contributed by atoms with Gasteiger partial charge in [0.25, 0.3) is 0 Å². The molecule has 0 radical (unpaired) electrons. The Morgan fingerprint density at radius 2 is 2.00 bits per heavy atom. The lowest BCUT2D eigenvalue weighted by Crippen LogP contribution is -2.12. The van der Waals surface area contributed by atoms with Crippen molar-refractivity contribution >= 4 is 5.57 Å². The number of hydrogen-bond acceptors (Lipinski definition) is 3. The second-order valence-corrected chi connectivity index (χ2v) is 6.68. The van der Waals surface area contributed by atoms with Crippen LogP contribution < -0.4 is 4.74 Å². The number of benzene rings is 1. The molecule has 3 nitrogen and oxygen atoms in total. The third kappa shape index (κ3) is 2.84. The number of pyridine rings is 1. The van der Waals surface area contributed by atoms with Crippen molar-refractivity contribution in [3.8, 4) is 16.9 Å². The third-order valence-corrected chi connectivity index (χ3v) is 5.00. The summed E-state index contributed by atoms with van der Waals surface area (Å²) in [4.78, 5) is 4.77. The first-order valence-corrected chi connectivity index (χ1v) is 8.50. The maximum absolute atomic E-state index is 9.74. The predicted molar refractivity (Wildman–Crippen MR) is 98.3 cm³/mol. The predicted octanol–water partition coefficient (Wildman–Crippen LogP) is 4.38. The Morgan fingerprint density at radius 3 is 2.54 bits per heavy atom. The Labute approximate surface area is 144 Å². The number of aliphatic hydroxyl groups is 1. The van der Waals surface area contributed by atoms with Crippen LogP contribution in [0.5, 0.6) is 5.75 Å². The summed E-state index contributed by atoms with van der Waals surface area (Å²) >= 11 is 0. The van der Waals surface area contributed by atoms with Crippen LogP contribution in [0.4, 0.5) is 0 Å². The lowest BCUT2D eigenvalue weighted by Gasteiger charge is -2.18. The summed E-state index contributed by atoms with van der Waals surface area (Å²) in [5.74, 6) is 0.840. The van der Waals surface area contributed by atoms with E-state index in [1.807, 2.05) is 19.1 Å². The highest BCUT2D eigenvalue weighted by atomic mass is 16.5. The smallest absolute Gasteiger partial charge is 0.126 e. The average molecular weight is 323 g/mol. The van der Waals surface area contributed by atoms with E-state index in [1.165, 1.54) is 5.56 Å². The SMILES string of the molecule is C=C(C)c1ccc(-c2cc(C3(CO)CC3)ccc2OC)c(CC)n1. The molecule has 1 aromatic heterocycles. The standard InChI is InChI=1S/C21H25NO2/c1-5-18-16(7-8-19(22-18)14(2)3)17-12-15(6-9-20(17)24-4)21(13-23)10-11-21/h6-9,12,23H,2,5,10-11,13H2,1,3-4H3. The van der Waals surface area contributed by atoms with Crippen molar-refractivity contribution in [3.05, 3.63) is 53.9 Å². The van der Waals surface area contributed by atoms with Gasteiger partial charge >= 0.3 is 0 Å². The lowest BCUT2D eigenvalue weighted by atomic mass is 9.91. The molecule has 1 aliphatic carbocycles. The van der Waals surface area contributed by atoms with E-state index < -0.39 is 0 Å². The van der Waals surface area contributed by atoms with E-state index in [0.717, 1.165) is 53.1 Å². The first kappa shape index (κ1) is 16.7. The molecule has 1 heterocycles. The Balaban J connectivity index is 2.14. The maximum Gasteiger partial charge on any atom is 0.126 e. The van der Waals surface area contributed by atoms with Gasteiger partial charge in [-0.3, -0.25) is 4.98 Å². The molecule has 24 heavy (non-hydrogen) atoms. The summed E-state index contributed by atoms with van der Waals surface area (Å²) in [6.45, 7) is 8.27. The van der Waals surface area contributed by atoms with Crippen molar-refractivity contribution in [2.24, 2.45) is 0 Å². The van der Waals surface area contributed by atoms with E-state index in [0.29, 0.717) is 0 Å². The Bertz CT molecular complexity index is 775. The quantitative estimate of drug-likeness (QED) is 0.858. The molecule has 0 saturated heterocycles. The summed E-state index contributed by atoms with van der Waals surface area (Å²) < 4.78 is 5.59. The number of methoxy groups -OCH3 is 1. The summed E-state index contributed by atoms with van der Waals surface area (Å²) in [5.41, 5.74) is 6.21. The summed E-state index contributed by atoms with van der Waals surface area (Å²) in [6.07, 6.45) is 2.93. The van der Waals surface area contributed by atoms with Crippen LogP contribution in [0.3, 0.4) is 0 Å². The lowest BCUT2D eigenvalue weighted by molar-refractivity contribution is 0.255. The third-order valence-electron chi connectivity index (χ3n) is 5.00. The zero-order valence-corrected chi connectivity index (χ0v) is 14.7. The number of ether oxygens (including phenoxy) is 1. The topological polar surface area (TPSA) is 42.4 Å². The van der Waals surface area contributed by atoms with Crippen LogP contribution in [0.2, 0.25) is 0 Å². The zero-order valence-electron chi connectivity index (χ0n) is 14.7. The molecule has 0 unspecified atom stereocenters. The highest BCUT2D eigenvalue weighted by Gasteiger charge is 2.43. The fraction of sp³-hybridized carbons (Fsp3) is 0.381. The van der Waals surface area contributed by atoms with Gasteiger partial charge in [0.05, 0.1) is 19.4 Å². The molecular weight excluding hydrogens is 298 g/mol.